The average Bonchev–Trinajstić information content (AvgIpc) is 2.86. The van der Waals surface area contributed by atoms with Gasteiger partial charge < -0.3 is 5.32 Å². The smallest absolute Gasteiger partial charge is 0.245 e. The zero-order valence-electron chi connectivity index (χ0n) is 14.5. The van der Waals surface area contributed by atoms with E-state index in [1.165, 1.54) is 29.5 Å². The Balaban J connectivity index is 2.24. The molecule has 2 aromatic rings. The summed E-state index contributed by atoms with van der Waals surface area (Å²) in [7, 11) is -3.97. The Labute approximate surface area is 167 Å². The fraction of sp³-hybridized carbons (Fsp3) is 0.375. The molecular formula is C16H19Cl2N3O3S2. The second-order valence-electron chi connectivity index (χ2n) is 5.62. The summed E-state index contributed by atoms with van der Waals surface area (Å²) in [6.45, 7) is 5.41. The van der Waals surface area contributed by atoms with Crippen molar-refractivity contribution in [2.24, 2.45) is 0 Å². The number of nitrogens with one attached hydrogen (secondary N) is 1. The van der Waals surface area contributed by atoms with Gasteiger partial charge in [-0.05, 0) is 38.5 Å². The van der Waals surface area contributed by atoms with Gasteiger partial charge in [0, 0.05) is 16.4 Å². The molecule has 1 heterocycles. The fourth-order valence-electron chi connectivity index (χ4n) is 2.19. The number of benzene rings is 1. The number of nitrogens with zero attached hydrogens (tertiary/aromatic N) is 2. The van der Waals surface area contributed by atoms with Crippen molar-refractivity contribution in [2.45, 2.75) is 32.1 Å². The molecule has 6 nitrogen and oxygen atoms in total. The third-order valence-corrected chi connectivity index (χ3v) is 7.13. The van der Waals surface area contributed by atoms with Crippen LogP contribution in [0, 0.1) is 13.8 Å². The van der Waals surface area contributed by atoms with E-state index >= 15 is 0 Å². The highest BCUT2D eigenvalue weighted by Gasteiger charge is 2.28. The van der Waals surface area contributed by atoms with E-state index in [-0.39, 0.29) is 28.0 Å². The molecule has 1 aromatic heterocycles. The summed E-state index contributed by atoms with van der Waals surface area (Å²) in [5.41, 5.74) is 0.828. The maximum absolute atomic E-state index is 12.9. The molecule has 0 fully saturated rings. The van der Waals surface area contributed by atoms with Gasteiger partial charge in [-0.2, -0.15) is 4.31 Å². The number of sulfonamides is 1. The number of carbonyl (C=O) groups excluding carboxylic acids is 1. The summed E-state index contributed by atoms with van der Waals surface area (Å²) >= 11 is 13.3. The van der Waals surface area contributed by atoms with E-state index in [0.29, 0.717) is 11.6 Å². The lowest BCUT2D eigenvalue weighted by atomic mass is 10.4. The van der Waals surface area contributed by atoms with Crippen molar-refractivity contribution in [1.82, 2.24) is 9.29 Å². The van der Waals surface area contributed by atoms with Crippen LogP contribution in [0.15, 0.2) is 23.1 Å². The molecular weight excluding hydrogens is 417 g/mol. The molecule has 0 saturated carbocycles. The fourth-order valence-corrected chi connectivity index (χ4v) is 5.25. The van der Waals surface area contributed by atoms with E-state index < -0.39 is 15.9 Å². The van der Waals surface area contributed by atoms with Crippen molar-refractivity contribution < 1.29 is 13.2 Å². The summed E-state index contributed by atoms with van der Waals surface area (Å²) in [6, 6.07) is 4.21. The van der Waals surface area contributed by atoms with E-state index in [9.17, 15) is 13.2 Å². The number of carbonyl (C=O) groups is 1. The summed E-state index contributed by atoms with van der Waals surface area (Å²) in [5, 5.41) is 3.40. The van der Waals surface area contributed by atoms with Gasteiger partial charge in [-0.25, -0.2) is 13.4 Å². The molecule has 0 spiro atoms. The number of halogens is 2. The topological polar surface area (TPSA) is 79.4 Å². The van der Waals surface area contributed by atoms with E-state index in [1.54, 1.807) is 0 Å². The highest BCUT2D eigenvalue weighted by molar-refractivity contribution is 7.89. The van der Waals surface area contributed by atoms with Gasteiger partial charge in [0.2, 0.25) is 15.9 Å². The van der Waals surface area contributed by atoms with Crippen molar-refractivity contribution in [2.75, 3.05) is 18.4 Å². The van der Waals surface area contributed by atoms with Gasteiger partial charge in [0.05, 0.1) is 17.3 Å². The highest BCUT2D eigenvalue weighted by Crippen LogP contribution is 2.28. The Morgan fingerprint density at radius 3 is 2.58 bits per heavy atom. The average molecular weight is 436 g/mol. The van der Waals surface area contributed by atoms with E-state index in [0.717, 1.165) is 14.9 Å². The Morgan fingerprint density at radius 2 is 2.00 bits per heavy atom. The number of hydrogen-bond acceptors (Lipinski definition) is 5. The molecule has 0 aliphatic carbocycles. The molecule has 0 unspecified atom stereocenters. The van der Waals surface area contributed by atoms with Gasteiger partial charge in [-0.3, -0.25) is 4.79 Å². The Hall–Kier alpha value is -1.19. The minimum Gasteiger partial charge on any atom is -0.301 e. The molecule has 142 valence electrons. The van der Waals surface area contributed by atoms with Crippen molar-refractivity contribution >= 4 is 55.6 Å². The Morgan fingerprint density at radius 1 is 1.31 bits per heavy atom. The predicted molar refractivity (Wildman–Crippen MR) is 106 cm³/mol. The summed E-state index contributed by atoms with van der Waals surface area (Å²) < 4.78 is 27.0. The lowest BCUT2D eigenvalue weighted by molar-refractivity contribution is -0.116. The normalized spacial score (nSPS) is 11.8. The number of thiazole rings is 1. The molecule has 0 saturated heterocycles. The summed E-state index contributed by atoms with van der Waals surface area (Å²) in [4.78, 5) is 17.4. The number of aryl methyl sites for hydroxylation is 2. The predicted octanol–water partition coefficient (Wildman–Crippen LogP) is 4.11. The van der Waals surface area contributed by atoms with Crippen LogP contribution in [0.25, 0.3) is 0 Å². The van der Waals surface area contributed by atoms with Crippen LogP contribution >= 0.6 is 34.5 Å². The minimum atomic E-state index is -3.97. The van der Waals surface area contributed by atoms with Crippen LogP contribution in [0.2, 0.25) is 10.0 Å². The third-order valence-electron chi connectivity index (χ3n) is 3.58. The SMILES string of the molecule is CCCN(CC(=O)Nc1nc(C)c(C)s1)S(=O)(=O)c1cc(Cl)ccc1Cl. The first-order valence-electron chi connectivity index (χ1n) is 7.84. The molecule has 1 amide bonds. The van der Waals surface area contributed by atoms with Crippen molar-refractivity contribution in [3.05, 3.63) is 38.8 Å². The van der Waals surface area contributed by atoms with Crippen LogP contribution in [-0.4, -0.2) is 36.7 Å². The molecule has 0 radical (unpaired) electrons. The number of amides is 1. The van der Waals surface area contributed by atoms with E-state index in [4.69, 9.17) is 23.2 Å². The second-order valence-corrected chi connectivity index (χ2v) is 9.58. The van der Waals surface area contributed by atoms with Gasteiger partial charge in [0.1, 0.15) is 4.90 Å². The molecule has 1 N–H and O–H groups in total. The monoisotopic (exact) mass is 435 g/mol. The summed E-state index contributed by atoms with van der Waals surface area (Å²) in [5.74, 6) is -0.464. The molecule has 10 heteroatoms. The van der Waals surface area contributed by atoms with Crippen molar-refractivity contribution in [1.29, 1.82) is 0 Å². The molecule has 1 aromatic carbocycles. The van der Waals surface area contributed by atoms with Crippen LogP contribution in [0.4, 0.5) is 5.13 Å². The number of rotatable bonds is 7. The lowest BCUT2D eigenvalue weighted by Gasteiger charge is -2.21. The third kappa shape index (κ3) is 4.95. The number of anilines is 1. The van der Waals surface area contributed by atoms with Crippen LogP contribution < -0.4 is 5.32 Å². The number of aromatic nitrogens is 1. The molecule has 0 atom stereocenters. The number of hydrogen-bond donors (Lipinski definition) is 1. The molecule has 0 aliphatic rings. The second kappa shape index (κ2) is 8.67. The van der Waals surface area contributed by atoms with Crippen molar-refractivity contribution in [3.63, 3.8) is 0 Å². The quantitative estimate of drug-likeness (QED) is 0.709. The van der Waals surface area contributed by atoms with Crippen LogP contribution in [0.5, 0.6) is 0 Å². The van der Waals surface area contributed by atoms with Gasteiger partial charge >= 0.3 is 0 Å². The van der Waals surface area contributed by atoms with Gasteiger partial charge in [-0.15, -0.1) is 11.3 Å². The van der Waals surface area contributed by atoms with Gasteiger partial charge in [0.25, 0.3) is 0 Å². The minimum absolute atomic E-state index is 0.0575. The Bertz CT molecular complexity index is 894. The molecule has 2 rings (SSSR count). The molecule has 0 bridgehead atoms. The highest BCUT2D eigenvalue weighted by atomic mass is 35.5. The zero-order chi connectivity index (χ0) is 19.5. The Kier molecular flexibility index (Phi) is 7.04. The van der Waals surface area contributed by atoms with Gasteiger partial charge in [-0.1, -0.05) is 30.1 Å². The van der Waals surface area contributed by atoms with Crippen LogP contribution in [0.1, 0.15) is 23.9 Å². The standard InChI is InChI=1S/C16H19Cl2N3O3S2/c1-4-7-21(9-15(22)20-16-19-10(2)11(3)25-16)26(23,24)14-8-12(17)5-6-13(14)18/h5-6,8H,4,7,9H2,1-3H3,(H,19,20,22). The lowest BCUT2D eigenvalue weighted by Crippen LogP contribution is -2.38. The first-order chi connectivity index (χ1) is 12.1. The van der Waals surface area contributed by atoms with Gasteiger partial charge in [0.15, 0.2) is 5.13 Å². The summed E-state index contributed by atoms with van der Waals surface area (Å²) in [6.07, 6.45) is 0.542. The maximum atomic E-state index is 12.9. The zero-order valence-corrected chi connectivity index (χ0v) is 17.7. The van der Waals surface area contributed by atoms with Crippen LogP contribution in [0.3, 0.4) is 0 Å². The van der Waals surface area contributed by atoms with Crippen molar-refractivity contribution in [3.8, 4) is 0 Å². The molecule has 0 aliphatic heterocycles. The van der Waals surface area contributed by atoms with Crippen LogP contribution in [-0.2, 0) is 14.8 Å². The first kappa shape index (κ1) is 21.1. The molecule has 26 heavy (non-hydrogen) atoms. The van der Waals surface area contributed by atoms with E-state index in [2.05, 4.69) is 10.3 Å². The van der Waals surface area contributed by atoms with E-state index in [1.807, 2.05) is 20.8 Å². The largest absolute Gasteiger partial charge is 0.301 e. The maximum Gasteiger partial charge on any atom is 0.245 e. The first-order valence-corrected chi connectivity index (χ1v) is 10.9.